The van der Waals surface area contributed by atoms with Crippen molar-refractivity contribution in [3.63, 3.8) is 0 Å². The monoisotopic (exact) mass is 387 g/mol. The van der Waals surface area contributed by atoms with Crippen LogP contribution in [0.25, 0.3) is 0 Å². The Kier molecular flexibility index (Phi) is 12.6. The fourth-order valence-electron chi connectivity index (χ4n) is 2.84. The van der Waals surface area contributed by atoms with Crippen LogP contribution in [0.1, 0.15) is 18.9 Å². The van der Waals surface area contributed by atoms with E-state index in [4.69, 9.17) is 23.2 Å². The van der Waals surface area contributed by atoms with E-state index in [9.17, 15) is 0 Å². The van der Waals surface area contributed by atoms with Crippen LogP contribution >= 0.6 is 23.2 Å². The summed E-state index contributed by atoms with van der Waals surface area (Å²) in [6.07, 6.45) is 1.09. The van der Waals surface area contributed by atoms with Gasteiger partial charge in [-0.25, -0.2) is 0 Å². The van der Waals surface area contributed by atoms with Gasteiger partial charge in [-0.2, -0.15) is 0 Å². The predicted molar refractivity (Wildman–Crippen MR) is 112 cm³/mol. The molecule has 1 fully saturated rings. The van der Waals surface area contributed by atoms with Crippen LogP contribution in [0.3, 0.4) is 0 Å². The van der Waals surface area contributed by atoms with Crippen molar-refractivity contribution in [1.82, 2.24) is 14.7 Å². The first-order valence-corrected chi connectivity index (χ1v) is 10.4. The van der Waals surface area contributed by atoms with Crippen molar-refractivity contribution in [2.75, 3.05) is 65.1 Å². The van der Waals surface area contributed by atoms with E-state index in [-0.39, 0.29) is 0 Å². The zero-order valence-corrected chi connectivity index (χ0v) is 17.6. The van der Waals surface area contributed by atoms with Gasteiger partial charge in [-0.15, -0.1) is 23.2 Å². The van der Waals surface area contributed by atoms with Gasteiger partial charge in [0.2, 0.25) is 0 Å². The summed E-state index contributed by atoms with van der Waals surface area (Å²) >= 11 is 11.3. The summed E-state index contributed by atoms with van der Waals surface area (Å²) in [7, 11) is 4.10. The van der Waals surface area contributed by atoms with Crippen molar-refractivity contribution < 1.29 is 0 Å². The average molecular weight is 388 g/mol. The van der Waals surface area contributed by atoms with Crippen LogP contribution in [-0.4, -0.2) is 79.8 Å². The van der Waals surface area contributed by atoms with Gasteiger partial charge in [0.25, 0.3) is 0 Å². The number of piperazine rings is 1. The lowest BCUT2D eigenvalue weighted by molar-refractivity contribution is 0.118. The van der Waals surface area contributed by atoms with E-state index in [2.05, 4.69) is 52.0 Å². The lowest BCUT2D eigenvalue weighted by atomic mass is 10.1. The van der Waals surface area contributed by atoms with Crippen LogP contribution in [0.15, 0.2) is 30.3 Å². The number of hydrogen-bond acceptors (Lipinski definition) is 3. The molecule has 0 radical (unpaired) electrons. The van der Waals surface area contributed by atoms with E-state index < -0.39 is 0 Å². The standard InChI is InChI=1S/C15H23ClN2.C5H12ClN/c1-14(11-16)12-17-7-9-18(10-8-17)13-15-5-3-2-4-6-15;1-7(2)5-3-4-6/h2-6,14H,7-13H2,1H3;3-5H2,1-2H3. The van der Waals surface area contributed by atoms with Crippen molar-refractivity contribution in [2.45, 2.75) is 19.9 Å². The molecule has 1 unspecified atom stereocenters. The van der Waals surface area contributed by atoms with E-state index in [1.165, 1.54) is 31.7 Å². The Labute approximate surface area is 164 Å². The smallest absolute Gasteiger partial charge is 0.0261 e. The Hall–Kier alpha value is -0.320. The van der Waals surface area contributed by atoms with Crippen LogP contribution in [0.4, 0.5) is 0 Å². The molecule has 1 aliphatic heterocycles. The van der Waals surface area contributed by atoms with Gasteiger partial charge in [0.1, 0.15) is 0 Å². The predicted octanol–water partition coefficient (Wildman–Crippen LogP) is 3.86. The van der Waals surface area contributed by atoms with E-state index >= 15 is 0 Å². The van der Waals surface area contributed by atoms with Gasteiger partial charge in [-0.1, -0.05) is 37.3 Å². The summed E-state index contributed by atoms with van der Waals surface area (Å²) in [5.41, 5.74) is 1.42. The number of alkyl halides is 2. The quantitative estimate of drug-likeness (QED) is 0.627. The van der Waals surface area contributed by atoms with Gasteiger partial charge in [-0.3, -0.25) is 4.90 Å². The molecule has 0 N–H and O–H groups in total. The molecule has 1 aromatic rings. The second kappa shape index (κ2) is 13.8. The van der Waals surface area contributed by atoms with E-state index in [0.717, 1.165) is 37.8 Å². The lowest BCUT2D eigenvalue weighted by Gasteiger charge is -2.35. The summed E-state index contributed by atoms with van der Waals surface area (Å²) in [6.45, 7) is 10.2. The van der Waals surface area contributed by atoms with Crippen LogP contribution < -0.4 is 0 Å². The first-order valence-electron chi connectivity index (χ1n) is 9.30. The number of rotatable bonds is 8. The highest BCUT2D eigenvalue weighted by atomic mass is 35.5. The Morgan fingerprint density at radius 3 is 2.08 bits per heavy atom. The van der Waals surface area contributed by atoms with Crippen molar-refractivity contribution >= 4 is 23.2 Å². The maximum atomic E-state index is 5.87. The number of halogens is 2. The highest BCUT2D eigenvalue weighted by Crippen LogP contribution is 2.10. The molecule has 1 aromatic carbocycles. The average Bonchev–Trinajstić information content (AvgIpc) is 2.63. The second-order valence-electron chi connectivity index (χ2n) is 7.17. The molecule has 0 saturated carbocycles. The summed E-state index contributed by atoms with van der Waals surface area (Å²) in [6, 6.07) is 10.7. The third-order valence-corrected chi connectivity index (χ3v) is 5.08. The molecule has 0 aliphatic carbocycles. The molecule has 0 spiro atoms. The van der Waals surface area contributed by atoms with Crippen LogP contribution in [-0.2, 0) is 6.54 Å². The van der Waals surface area contributed by atoms with Gasteiger partial charge in [0, 0.05) is 51.0 Å². The molecule has 2 rings (SSSR count). The molecule has 25 heavy (non-hydrogen) atoms. The normalized spacial score (nSPS) is 17.2. The molecule has 0 bridgehead atoms. The lowest BCUT2D eigenvalue weighted by Crippen LogP contribution is -2.47. The molecule has 5 heteroatoms. The van der Waals surface area contributed by atoms with Crippen molar-refractivity contribution in [2.24, 2.45) is 5.92 Å². The molecule has 3 nitrogen and oxygen atoms in total. The number of benzene rings is 1. The van der Waals surface area contributed by atoms with Gasteiger partial charge < -0.3 is 9.80 Å². The summed E-state index contributed by atoms with van der Waals surface area (Å²) < 4.78 is 0. The molecule has 1 atom stereocenters. The molecule has 1 saturated heterocycles. The van der Waals surface area contributed by atoms with Crippen LogP contribution in [0.5, 0.6) is 0 Å². The van der Waals surface area contributed by atoms with E-state index in [1.807, 2.05) is 14.1 Å². The Morgan fingerprint density at radius 2 is 1.60 bits per heavy atom. The Morgan fingerprint density at radius 1 is 1.00 bits per heavy atom. The minimum absolute atomic E-state index is 0.604. The van der Waals surface area contributed by atoms with Gasteiger partial charge in [0.05, 0.1) is 0 Å². The zero-order chi connectivity index (χ0) is 18.5. The first-order chi connectivity index (χ1) is 12.0. The van der Waals surface area contributed by atoms with Crippen LogP contribution in [0, 0.1) is 5.92 Å². The first kappa shape index (κ1) is 22.7. The SMILES string of the molecule is CC(CCl)CN1CCN(Cc2ccccc2)CC1.CN(C)CCCCl. The van der Waals surface area contributed by atoms with Crippen molar-refractivity contribution in [3.05, 3.63) is 35.9 Å². The molecule has 1 heterocycles. The summed E-state index contributed by atoms with van der Waals surface area (Å²) in [4.78, 5) is 7.20. The minimum Gasteiger partial charge on any atom is -0.309 e. The summed E-state index contributed by atoms with van der Waals surface area (Å²) in [5, 5.41) is 0. The summed E-state index contributed by atoms with van der Waals surface area (Å²) in [5.74, 6) is 2.15. The topological polar surface area (TPSA) is 9.72 Å². The van der Waals surface area contributed by atoms with Gasteiger partial charge in [-0.05, 0) is 38.5 Å². The maximum Gasteiger partial charge on any atom is 0.0261 e. The van der Waals surface area contributed by atoms with E-state index in [1.54, 1.807) is 0 Å². The highest BCUT2D eigenvalue weighted by molar-refractivity contribution is 6.18. The molecular weight excluding hydrogens is 353 g/mol. The maximum absolute atomic E-state index is 5.87. The third kappa shape index (κ3) is 11.1. The number of nitrogens with zero attached hydrogens (tertiary/aromatic N) is 3. The molecule has 0 amide bonds. The largest absolute Gasteiger partial charge is 0.309 e. The molecular formula is C20H35Cl2N3. The Bertz CT molecular complexity index is 420. The molecule has 0 aromatic heterocycles. The number of hydrogen-bond donors (Lipinski definition) is 0. The minimum atomic E-state index is 0.604. The van der Waals surface area contributed by atoms with E-state index in [0.29, 0.717) is 5.92 Å². The van der Waals surface area contributed by atoms with Gasteiger partial charge >= 0.3 is 0 Å². The molecule has 144 valence electrons. The molecule has 1 aliphatic rings. The van der Waals surface area contributed by atoms with Gasteiger partial charge in [0.15, 0.2) is 0 Å². The highest BCUT2D eigenvalue weighted by Gasteiger charge is 2.18. The van der Waals surface area contributed by atoms with Crippen LogP contribution in [0.2, 0.25) is 0 Å². The fraction of sp³-hybridized carbons (Fsp3) is 0.700. The van der Waals surface area contributed by atoms with Crippen molar-refractivity contribution in [3.8, 4) is 0 Å². The fourth-order valence-corrected chi connectivity index (χ4v) is 3.05. The zero-order valence-electron chi connectivity index (χ0n) is 16.1. The third-order valence-electron chi connectivity index (χ3n) is 4.29. The second-order valence-corrected chi connectivity index (χ2v) is 7.85. The Balaban J connectivity index is 0.000000381. The van der Waals surface area contributed by atoms with Crippen molar-refractivity contribution in [1.29, 1.82) is 0 Å².